The number of hydrogen-bond donors (Lipinski definition) is 1. The van der Waals surface area contributed by atoms with Gasteiger partial charge in [-0.3, -0.25) is 0 Å². The van der Waals surface area contributed by atoms with Gasteiger partial charge in [-0.2, -0.15) is 4.31 Å². The highest BCUT2D eigenvalue weighted by Gasteiger charge is 2.26. The molecule has 2 aromatic rings. The second-order valence-electron chi connectivity index (χ2n) is 6.95. The molecular weight excluding hydrogens is 416 g/mol. The Bertz CT molecular complexity index is 1090. The Balaban J connectivity index is 1.46. The lowest BCUT2D eigenvalue weighted by Crippen LogP contribution is -2.35. The summed E-state index contributed by atoms with van der Waals surface area (Å²) in [5.41, 5.74) is 0.724. The first kappa shape index (κ1) is 20.1. The lowest BCUT2D eigenvalue weighted by Gasteiger charge is -2.25. The van der Waals surface area contributed by atoms with Gasteiger partial charge < -0.3 is 9.47 Å². The van der Waals surface area contributed by atoms with Gasteiger partial charge >= 0.3 is 0 Å². The van der Waals surface area contributed by atoms with Crippen LogP contribution in [-0.2, 0) is 26.6 Å². The van der Waals surface area contributed by atoms with Crippen molar-refractivity contribution in [1.82, 2.24) is 9.03 Å². The molecule has 0 aliphatic carbocycles. The molecule has 29 heavy (non-hydrogen) atoms. The van der Waals surface area contributed by atoms with E-state index in [9.17, 15) is 16.8 Å². The summed E-state index contributed by atoms with van der Waals surface area (Å²) < 4.78 is 65.0. The first-order valence-corrected chi connectivity index (χ1v) is 12.3. The van der Waals surface area contributed by atoms with Crippen LogP contribution >= 0.6 is 0 Å². The molecule has 1 fully saturated rings. The molecule has 0 saturated carbocycles. The van der Waals surface area contributed by atoms with Crippen molar-refractivity contribution < 1.29 is 26.3 Å². The number of sulfonamides is 2. The molecule has 2 aliphatic rings. The van der Waals surface area contributed by atoms with Gasteiger partial charge in [0.15, 0.2) is 11.5 Å². The molecule has 0 amide bonds. The molecule has 0 atom stereocenters. The topological polar surface area (TPSA) is 102 Å². The monoisotopic (exact) mass is 438 g/mol. The summed E-state index contributed by atoms with van der Waals surface area (Å²) in [7, 11) is -7.38. The van der Waals surface area contributed by atoms with E-state index in [4.69, 9.17) is 9.47 Å². The first-order chi connectivity index (χ1) is 13.9. The Hall–Kier alpha value is -2.14. The fourth-order valence-electron chi connectivity index (χ4n) is 3.36. The number of rotatable bonds is 6. The molecule has 2 aromatic carbocycles. The molecule has 156 valence electrons. The zero-order chi connectivity index (χ0) is 20.5. The van der Waals surface area contributed by atoms with Crippen molar-refractivity contribution in [1.29, 1.82) is 0 Å². The Labute approximate surface area is 170 Å². The van der Waals surface area contributed by atoms with Crippen LogP contribution in [0.4, 0.5) is 0 Å². The molecule has 0 radical (unpaired) electrons. The van der Waals surface area contributed by atoms with Gasteiger partial charge in [-0.25, -0.2) is 21.6 Å². The zero-order valence-corrected chi connectivity index (χ0v) is 17.3. The van der Waals surface area contributed by atoms with E-state index in [1.54, 1.807) is 18.2 Å². The predicted octanol–water partition coefficient (Wildman–Crippen LogP) is 2.07. The summed E-state index contributed by atoms with van der Waals surface area (Å²) in [5, 5.41) is 0. The fraction of sp³-hybridized carbons (Fsp3) is 0.368. The quantitative estimate of drug-likeness (QED) is 0.741. The van der Waals surface area contributed by atoms with Crippen molar-refractivity contribution in [3.05, 3.63) is 48.0 Å². The van der Waals surface area contributed by atoms with Gasteiger partial charge in [-0.05, 0) is 54.8 Å². The van der Waals surface area contributed by atoms with E-state index in [1.165, 1.54) is 28.6 Å². The molecular formula is C19H22N2O6S2. The largest absolute Gasteiger partial charge is 0.454 e. The molecule has 2 heterocycles. The van der Waals surface area contributed by atoms with Crippen molar-refractivity contribution in [3.8, 4) is 11.5 Å². The summed E-state index contributed by atoms with van der Waals surface area (Å²) in [6.45, 7) is 1.23. The molecule has 0 spiro atoms. The Morgan fingerprint density at radius 3 is 2.21 bits per heavy atom. The zero-order valence-electron chi connectivity index (χ0n) is 15.7. The lowest BCUT2D eigenvalue weighted by molar-refractivity contribution is 0.174. The average molecular weight is 439 g/mol. The molecule has 8 nitrogen and oxygen atoms in total. The maximum absolute atomic E-state index is 12.7. The first-order valence-electron chi connectivity index (χ1n) is 9.35. The number of fused-ring (bicyclic) bond motifs is 1. The van der Waals surface area contributed by atoms with E-state index < -0.39 is 20.0 Å². The molecule has 0 bridgehead atoms. The maximum atomic E-state index is 12.7. The van der Waals surface area contributed by atoms with Gasteiger partial charge in [0.1, 0.15) is 0 Å². The smallest absolute Gasteiger partial charge is 0.243 e. The van der Waals surface area contributed by atoms with Gasteiger partial charge in [-0.1, -0.05) is 12.5 Å². The number of benzene rings is 2. The highest BCUT2D eigenvalue weighted by Crippen LogP contribution is 2.32. The van der Waals surface area contributed by atoms with Crippen molar-refractivity contribution in [2.75, 3.05) is 19.9 Å². The van der Waals surface area contributed by atoms with Gasteiger partial charge in [0.25, 0.3) is 0 Å². The number of nitrogens with zero attached hydrogens (tertiary/aromatic N) is 1. The van der Waals surface area contributed by atoms with Crippen LogP contribution in [0.25, 0.3) is 0 Å². The average Bonchev–Trinajstić information content (AvgIpc) is 3.21. The molecule has 2 aliphatic heterocycles. The third-order valence-corrected chi connectivity index (χ3v) is 8.32. The Kier molecular flexibility index (Phi) is 5.52. The molecule has 10 heteroatoms. The molecule has 0 aromatic heterocycles. The lowest BCUT2D eigenvalue weighted by atomic mass is 10.2. The molecule has 1 N–H and O–H groups in total. The summed E-state index contributed by atoms with van der Waals surface area (Å²) in [6, 6.07) is 10.5. The van der Waals surface area contributed by atoms with Crippen LogP contribution < -0.4 is 14.2 Å². The van der Waals surface area contributed by atoms with Gasteiger partial charge in [0, 0.05) is 19.6 Å². The van der Waals surface area contributed by atoms with Crippen LogP contribution in [0, 0.1) is 0 Å². The summed E-state index contributed by atoms with van der Waals surface area (Å²) >= 11 is 0. The van der Waals surface area contributed by atoms with Gasteiger partial charge in [0.05, 0.1) is 9.79 Å². The second kappa shape index (κ2) is 7.94. The highest BCUT2D eigenvalue weighted by molar-refractivity contribution is 7.89. The third kappa shape index (κ3) is 4.25. The minimum absolute atomic E-state index is 0.0100. The highest BCUT2D eigenvalue weighted by atomic mass is 32.2. The maximum Gasteiger partial charge on any atom is 0.243 e. The van der Waals surface area contributed by atoms with Gasteiger partial charge in [0.2, 0.25) is 26.8 Å². The summed E-state index contributed by atoms with van der Waals surface area (Å²) in [6.07, 6.45) is 2.71. The van der Waals surface area contributed by atoms with Crippen LogP contribution in [0.1, 0.15) is 24.8 Å². The van der Waals surface area contributed by atoms with E-state index in [0.29, 0.717) is 24.6 Å². The number of hydrogen-bond acceptors (Lipinski definition) is 6. The van der Waals surface area contributed by atoms with Crippen LogP contribution in [0.2, 0.25) is 0 Å². The minimum Gasteiger partial charge on any atom is -0.454 e. The van der Waals surface area contributed by atoms with Crippen molar-refractivity contribution in [2.45, 2.75) is 35.6 Å². The second-order valence-corrected chi connectivity index (χ2v) is 10.7. The predicted molar refractivity (Wildman–Crippen MR) is 106 cm³/mol. The Morgan fingerprint density at radius 1 is 0.828 bits per heavy atom. The molecule has 0 unspecified atom stereocenters. The van der Waals surface area contributed by atoms with Crippen LogP contribution in [0.3, 0.4) is 0 Å². The normalized spacial score (nSPS) is 17.4. The van der Waals surface area contributed by atoms with E-state index in [2.05, 4.69) is 4.72 Å². The van der Waals surface area contributed by atoms with E-state index in [1.807, 2.05) is 0 Å². The molecule has 1 saturated heterocycles. The van der Waals surface area contributed by atoms with E-state index in [-0.39, 0.29) is 23.1 Å². The minimum atomic E-state index is -3.79. The molecule has 4 rings (SSSR count). The summed E-state index contributed by atoms with van der Waals surface area (Å²) in [4.78, 5) is 0.116. The number of nitrogens with one attached hydrogen (secondary N) is 1. The van der Waals surface area contributed by atoms with Gasteiger partial charge in [-0.15, -0.1) is 0 Å². The van der Waals surface area contributed by atoms with Crippen LogP contribution in [0.15, 0.2) is 52.3 Å². The standard InChI is InChI=1S/C19H22N2O6S2/c22-28(23,20-13-15-4-9-18-19(12-15)27-14-26-18)16-5-7-17(8-6-16)29(24,25)21-10-2-1-3-11-21/h4-9,12,20H,1-3,10-11,13-14H2. The number of ether oxygens (including phenoxy) is 2. The fourth-order valence-corrected chi connectivity index (χ4v) is 5.89. The van der Waals surface area contributed by atoms with Crippen LogP contribution in [-0.4, -0.2) is 41.0 Å². The van der Waals surface area contributed by atoms with Crippen LogP contribution in [0.5, 0.6) is 11.5 Å². The number of piperidine rings is 1. The third-order valence-electron chi connectivity index (χ3n) is 4.99. The SMILES string of the molecule is O=S(=O)(NCc1ccc2c(c1)OCO2)c1ccc(S(=O)(=O)N2CCCCC2)cc1. The van der Waals surface area contributed by atoms with Crippen molar-refractivity contribution in [2.24, 2.45) is 0 Å². The van der Waals surface area contributed by atoms with Crippen molar-refractivity contribution >= 4 is 20.0 Å². The van der Waals surface area contributed by atoms with Crippen molar-refractivity contribution in [3.63, 3.8) is 0 Å². The van der Waals surface area contributed by atoms with E-state index >= 15 is 0 Å². The summed E-state index contributed by atoms with van der Waals surface area (Å²) in [5.74, 6) is 1.20. The van der Waals surface area contributed by atoms with E-state index in [0.717, 1.165) is 24.8 Å². The Morgan fingerprint density at radius 2 is 1.48 bits per heavy atom.